The fraction of sp³-hybridized carbons (Fsp3) is 0.0952. The molecule has 0 saturated heterocycles. The van der Waals surface area contributed by atoms with Gasteiger partial charge in [0.15, 0.2) is 0 Å². The number of benzene rings is 3. The van der Waals surface area contributed by atoms with Gasteiger partial charge in [-0.15, -0.1) is 0 Å². The van der Waals surface area contributed by atoms with Gasteiger partial charge in [-0.05, 0) is 48.9 Å². The largest absolute Gasteiger partial charge is 0.256 e. The zero-order chi connectivity index (χ0) is 16.0. The minimum absolute atomic E-state index is 0.186. The van der Waals surface area contributed by atoms with Crippen LogP contribution in [0, 0.1) is 19.7 Å². The minimum atomic E-state index is -0.186. The molecule has 4 rings (SSSR count). The van der Waals surface area contributed by atoms with E-state index in [4.69, 9.17) is 0 Å². The lowest BCUT2D eigenvalue weighted by Crippen LogP contribution is -1.90. The lowest BCUT2D eigenvalue weighted by Gasteiger charge is -2.10. The number of fused-ring (bicyclic) bond motifs is 3. The van der Waals surface area contributed by atoms with Crippen molar-refractivity contribution in [3.8, 4) is 11.3 Å². The molecule has 23 heavy (non-hydrogen) atoms. The first kappa shape index (κ1) is 13.9. The van der Waals surface area contributed by atoms with Gasteiger partial charge in [0.25, 0.3) is 0 Å². The van der Waals surface area contributed by atoms with Crippen LogP contribution in [0.25, 0.3) is 32.8 Å². The third-order valence-electron chi connectivity index (χ3n) is 4.25. The molecule has 0 bridgehead atoms. The van der Waals surface area contributed by atoms with Crippen molar-refractivity contribution < 1.29 is 4.39 Å². The lowest BCUT2D eigenvalue weighted by atomic mass is 9.97. The highest BCUT2D eigenvalue weighted by molar-refractivity contribution is 6.11. The van der Waals surface area contributed by atoms with Crippen LogP contribution in [0.2, 0.25) is 0 Å². The van der Waals surface area contributed by atoms with E-state index >= 15 is 0 Å². The Balaban J connectivity index is 2.09. The number of aromatic nitrogens is 1. The molecule has 1 aromatic heterocycles. The molecule has 0 aliphatic rings. The second kappa shape index (κ2) is 5.17. The monoisotopic (exact) mass is 301 g/mol. The van der Waals surface area contributed by atoms with Gasteiger partial charge >= 0.3 is 0 Å². The number of hydrogen-bond donors (Lipinski definition) is 0. The summed E-state index contributed by atoms with van der Waals surface area (Å²) in [6, 6.07) is 17.4. The van der Waals surface area contributed by atoms with E-state index in [-0.39, 0.29) is 5.82 Å². The molecule has 0 unspecified atom stereocenters. The van der Waals surface area contributed by atoms with Gasteiger partial charge in [0.2, 0.25) is 0 Å². The van der Waals surface area contributed by atoms with Crippen LogP contribution < -0.4 is 0 Å². The Hall–Kier alpha value is -2.74. The molecule has 3 aromatic carbocycles. The average Bonchev–Trinajstić information content (AvgIpc) is 2.53. The van der Waals surface area contributed by atoms with Gasteiger partial charge in [0, 0.05) is 22.5 Å². The highest BCUT2D eigenvalue weighted by atomic mass is 19.1. The Morgan fingerprint density at radius 2 is 1.43 bits per heavy atom. The molecule has 0 N–H and O–H groups in total. The predicted octanol–water partition coefficient (Wildman–Crippen LogP) is 5.81. The topological polar surface area (TPSA) is 12.9 Å². The van der Waals surface area contributed by atoms with Crippen molar-refractivity contribution in [2.24, 2.45) is 0 Å². The van der Waals surface area contributed by atoms with Crippen molar-refractivity contribution in [3.63, 3.8) is 0 Å². The number of pyridine rings is 1. The first-order valence-corrected chi connectivity index (χ1v) is 7.68. The highest BCUT2D eigenvalue weighted by Crippen LogP contribution is 2.33. The van der Waals surface area contributed by atoms with Crippen molar-refractivity contribution in [3.05, 3.63) is 77.7 Å². The Morgan fingerprint density at radius 3 is 2.22 bits per heavy atom. The number of rotatable bonds is 1. The molecular formula is C21H16FN. The lowest BCUT2D eigenvalue weighted by molar-refractivity contribution is 0.640. The summed E-state index contributed by atoms with van der Waals surface area (Å²) in [4.78, 5) is 4.59. The van der Waals surface area contributed by atoms with Crippen LogP contribution in [0.1, 0.15) is 11.1 Å². The smallest absolute Gasteiger partial charge is 0.131 e. The Kier molecular flexibility index (Phi) is 3.12. The fourth-order valence-electron chi connectivity index (χ4n) is 3.33. The zero-order valence-electron chi connectivity index (χ0n) is 13.1. The molecule has 0 fully saturated rings. The molecule has 0 aliphatic heterocycles. The number of nitrogens with zero attached hydrogens (tertiary/aromatic N) is 1. The Morgan fingerprint density at radius 1 is 0.739 bits per heavy atom. The first-order chi connectivity index (χ1) is 11.1. The maximum atomic E-state index is 14.0. The van der Waals surface area contributed by atoms with Crippen molar-refractivity contribution in [1.82, 2.24) is 4.98 Å². The summed E-state index contributed by atoms with van der Waals surface area (Å²) in [6.45, 7) is 4.18. The van der Waals surface area contributed by atoms with Gasteiger partial charge < -0.3 is 0 Å². The third kappa shape index (κ3) is 2.27. The molecule has 0 atom stereocenters. The van der Waals surface area contributed by atoms with E-state index < -0.39 is 0 Å². The second-order valence-corrected chi connectivity index (χ2v) is 6.03. The quantitative estimate of drug-likeness (QED) is 0.404. The number of hydrogen-bond acceptors (Lipinski definition) is 1. The van der Waals surface area contributed by atoms with E-state index in [1.807, 2.05) is 24.3 Å². The van der Waals surface area contributed by atoms with E-state index in [2.05, 4.69) is 37.0 Å². The molecule has 0 aliphatic carbocycles. The summed E-state index contributed by atoms with van der Waals surface area (Å²) >= 11 is 0. The van der Waals surface area contributed by atoms with Crippen LogP contribution in [0.3, 0.4) is 0 Å². The van der Waals surface area contributed by atoms with Crippen molar-refractivity contribution in [2.75, 3.05) is 0 Å². The molecule has 0 saturated carbocycles. The van der Waals surface area contributed by atoms with Crippen LogP contribution in [-0.4, -0.2) is 4.98 Å². The van der Waals surface area contributed by atoms with Gasteiger partial charge in [-0.25, -0.2) is 4.39 Å². The normalized spacial score (nSPS) is 11.3. The fourth-order valence-corrected chi connectivity index (χ4v) is 3.33. The van der Waals surface area contributed by atoms with E-state index in [1.165, 1.54) is 17.2 Å². The molecule has 1 heterocycles. The molecule has 112 valence electrons. The van der Waals surface area contributed by atoms with E-state index in [1.54, 1.807) is 12.3 Å². The predicted molar refractivity (Wildman–Crippen MR) is 94.1 cm³/mol. The van der Waals surface area contributed by atoms with Gasteiger partial charge in [-0.1, -0.05) is 41.5 Å². The third-order valence-corrected chi connectivity index (χ3v) is 4.25. The first-order valence-electron chi connectivity index (χ1n) is 7.68. The molecule has 4 aromatic rings. The van der Waals surface area contributed by atoms with Gasteiger partial charge in [-0.3, -0.25) is 4.98 Å². The molecule has 1 nitrogen and oxygen atoms in total. The zero-order valence-corrected chi connectivity index (χ0v) is 13.1. The summed E-state index contributed by atoms with van der Waals surface area (Å²) in [7, 11) is 0. The molecule has 0 radical (unpaired) electrons. The summed E-state index contributed by atoms with van der Waals surface area (Å²) in [6.07, 6.45) is 1.81. The van der Waals surface area contributed by atoms with Crippen LogP contribution in [0.15, 0.2) is 60.8 Å². The SMILES string of the molecule is Cc1cc(C)cc(-c2nccc3c2ccc2c(F)cccc23)c1. The van der Waals surface area contributed by atoms with Crippen LogP contribution in [-0.2, 0) is 0 Å². The van der Waals surface area contributed by atoms with E-state index in [9.17, 15) is 4.39 Å². The number of aryl methyl sites for hydroxylation is 2. The minimum Gasteiger partial charge on any atom is -0.256 e. The van der Waals surface area contributed by atoms with E-state index in [0.29, 0.717) is 5.39 Å². The van der Waals surface area contributed by atoms with Gasteiger partial charge in [-0.2, -0.15) is 0 Å². The summed E-state index contributed by atoms with van der Waals surface area (Å²) in [5.74, 6) is -0.186. The van der Waals surface area contributed by atoms with Gasteiger partial charge in [0.05, 0.1) is 5.69 Å². The summed E-state index contributed by atoms with van der Waals surface area (Å²) in [5, 5.41) is 3.66. The molecule has 0 amide bonds. The second-order valence-electron chi connectivity index (χ2n) is 6.03. The van der Waals surface area contributed by atoms with Crippen molar-refractivity contribution in [2.45, 2.75) is 13.8 Å². The van der Waals surface area contributed by atoms with Crippen LogP contribution >= 0.6 is 0 Å². The van der Waals surface area contributed by atoms with Crippen LogP contribution in [0.5, 0.6) is 0 Å². The maximum absolute atomic E-state index is 14.0. The molecule has 0 spiro atoms. The number of halogens is 1. The average molecular weight is 301 g/mol. The summed E-state index contributed by atoms with van der Waals surface area (Å²) < 4.78 is 14.0. The standard InChI is InChI=1S/C21H16FN/c1-13-10-14(2)12-15(11-13)21-19-7-6-18-16(4-3-5-20(18)22)17(19)8-9-23-21/h3-12H,1-2H3. The molecule has 2 heteroatoms. The van der Waals surface area contributed by atoms with Gasteiger partial charge in [0.1, 0.15) is 5.82 Å². The Bertz CT molecular complexity index is 1030. The maximum Gasteiger partial charge on any atom is 0.131 e. The van der Waals surface area contributed by atoms with Crippen LogP contribution in [0.4, 0.5) is 4.39 Å². The summed E-state index contributed by atoms with van der Waals surface area (Å²) in [5.41, 5.74) is 4.47. The van der Waals surface area contributed by atoms with Crippen molar-refractivity contribution >= 4 is 21.5 Å². The molecular weight excluding hydrogens is 285 g/mol. The Labute approximate surface area is 134 Å². The highest BCUT2D eigenvalue weighted by Gasteiger charge is 2.10. The van der Waals surface area contributed by atoms with E-state index in [0.717, 1.165) is 27.4 Å². The van der Waals surface area contributed by atoms with Crippen molar-refractivity contribution in [1.29, 1.82) is 0 Å².